The molecule has 0 aromatic carbocycles. The number of H-pyrrole nitrogens is 1. The first-order valence-electron chi connectivity index (χ1n) is 6.24. The number of hydrogen-bond donors (Lipinski definition) is 2. The van der Waals surface area contributed by atoms with E-state index in [4.69, 9.17) is 0 Å². The minimum absolute atomic E-state index is 0.0332. The van der Waals surface area contributed by atoms with Gasteiger partial charge in [0.2, 0.25) is 0 Å². The van der Waals surface area contributed by atoms with Gasteiger partial charge in [-0.25, -0.2) is 4.79 Å². The minimum atomic E-state index is 0.0332. The first-order chi connectivity index (χ1) is 8.18. The maximum atomic E-state index is 12.1. The molecule has 2 N–H and O–H groups in total. The highest BCUT2D eigenvalue weighted by atomic mass is 16.2. The van der Waals surface area contributed by atoms with Crippen molar-refractivity contribution in [3.63, 3.8) is 0 Å². The molecular formula is C12H20N4O. The molecule has 5 nitrogen and oxygen atoms in total. The summed E-state index contributed by atoms with van der Waals surface area (Å²) in [5.41, 5.74) is 1.10. The molecule has 1 aliphatic heterocycles. The lowest BCUT2D eigenvalue weighted by Gasteiger charge is -2.35. The van der Waals surface area contributed by atoms with Gasteiger partial charge in [0.05, 0.1) is 12.2 Å². The van der Waals surface area contributed by atoms with E-state index in [9.17, 15) is 4.79 Å². The molecule has 2 rings (SSSR count). The lowest BCUT2D eigenvalue weighted by atomic mass is 9.98. The molecule has 0 radical (unpaired) electrons. The van der Waals surface area contributed by atoms with E-state index in [1.54, 1.807) is 0 Å². The van der Waals surface area contributed by atoms with E-state index in [0.29, 0.717) is 0 Å². The van der Waals surface area contributed by atoms with Crippen LogP contribution in [0.5, 0.6) is 0 Å². The Hall–Kier alpha value is -1.52. The number of hydrogen-bond acceptors (Lipinski definition) is 2. The third-order valence-electron chi connectivity index (χ3n) is 3.08. The first kappa shape index (κ1) is 12.0. The standard InChI is InChI=1S/C12H20N4O/c1-9(2)15-12(17)16-6-4-3-5-11(16)10-7-13-14-8-10/h7-9,11H,3-6H2,1-2H3,(H,13,14)(H,15,17)/t11-/m0/s1. The number of aromatic amines is 1. The third kappa shape index (κ3) is 2.78. The first-order valence-corrected chi connectivity index (χ1v) is 6.24. The largest absolute Gasteiger partial charge is 0.336 e. The maximum Gasteiger partial charge on any atom is 0.318 e. The summed E-state index contributed by atoms with van der Waals surface area (Å²) in [6.07, 6.45) is 6.96. The van der Waals surface area contributed by atoms with Gasteiger partial charge in [0.15, 0.2) is 0 Å². The highest BCUT2D eigenvalue weighted by molar-refractivity contribution is 5.75. The van der Waals surface area contributed by atoms with Crippen LogP contribution in [0.4, 0.5) is 4.79 Å². The van der Waals surface area contributed by atoms with Crippen LogP contribution in [0.3, 0.4) is 0 Å². The number of nitrogens with zero attached hydrogens (tertiary/aromatic N) is 2. The average Bonchev–Trinajstić information content (AvgIpc) is 2.81. The zero-order chi connectivity index (χ0) is 12.3. The Morgan fingerprint density at radius 2 is 2.41 bits per heavy atom. The van der Waals surface area contributed by atoms with Crippen molar-refractivity contribution in [2.24, 2.45) is 0 Å². The summed E-state index contributed by atoms with van der Waals surface area (Å²) in [5, 5.41) is 9.75. The molecule has 2 heterocycles. The monoisotopic (exact) mass is 236 g/mol. The summed E-state index contributed by atoms with van der Waals surface area (Å²) in [5.74, 6) is 0. The summed E-state index contributed by atoms with van der Waals surface area (Å²) >= 11 is 0. The number of amides is 2. The topological polar surface area (TPSA) is 61.0 Å². The second kappa shape index (κ2) is 5.21. The smallest absolute Gasteiger partial charge is 0.318 e. The number of carbonyl (C=O) groups is 1. The predicted octanol–water partition coefficient (Wildman–Crippen LogP) is 2.05. The number of nitrogens with one attached hydrogen (secondary N) is 2. The molecule has 17 heavy (non-hydrogen) atoms. The Balaban J connectivity index is 2.09. The van der Waals surface area contributed by atoms with Gasteiger partial charge in [0.1, 0.15) is 0 Å². The van der Waals surface area contributed by atoms with Crippen molar-refractivity contribution in [2.45, 2.75) is 45.2 Å². The highest BCUT2D eigenvalue weighted by Gasteiger charge is 2.28. The van der Waals surface area contributed by atoms with Crippen molar-refractivity contribution in [3.8, 4) is 0 Å². The molecule has 0 unspecified atom stereocenters. The van der Waals surface area contributed by atoms with Crippen molar-refractivity contribution in [1.82, 2.24) is 20.4 Å². The van der Waals surface area contributed by atoms with Crippen LogP contribution in [-0.2, 0) is 0 Å². The van der Waals surface area contributed by atoms with Gasteiger partial charge in [-0.05, 0) is 33.1 Å². The Morgan fingerprint density at radius 3 is 3.06 bits per heavy atom. The van der Waals surface area contributed by atoms with Crippen molar-refractivity contribution in [2.75, 3.05) is 6.54 Å². The van der Waals surface area contributed by atoms with E-state index in [0.717, 1.165) is 24.9 Å². The van der Waals surface area contributed by atoms with Crippen LogP contribution in [0.2, 0.25) is 0 Å². The minimum Gasteiger partial charge on any atom is -0.336 e. The van der Waals surface area contributed by atoms with Gasteiger partial charge >= 0.3 is 6.03 Å². The van der Waals surface area contributed by atoms with Crippen LogP contribution in [0.15, 0.2) is 12.4 Å². The molecular weight excluding hydrogens is 216 g/mol. The molecule has 0 aliphatic carbocycles. The molecule has 0 saturated carbocycles. The van der Waals surface area contributed by atoms with Crippen molar-refractivity contribution < 1.29 is 4.79 Å². The lowest BCUT2D eigenvalue weighted by molar-refractivity contribution is 0.149. The van der Waals surface area contributed by atoms with E-state index in [1.807, 2.05) is 31.1 Å². The Morgan fingerprint density at radius 1 is 1.59 bits per heavy atom. The fraction of sp³-hybridized carbons (Fsp3) is 0.667. The molecule has 5 heteroatoms. The third-order valence-corrected chi connectivity index (χ3v) is 3.08. The molecule has 1 aromatic rings. The van der Waals surface area contributed by atoms with Crippen LogP contribution >= 0.6 is 0 Å². The van der Waals surface area contributed by atoms with E-state index in [1.165, 1.54) is 6.42 Å². The summed E-state index contributed by atoms with van der Waals surface area (Å²) < 4.78 is 0. The van der Waals surface area contributed by atoms with Gasteiger partial charge in [0.25, 0.3) is 0 Å². The fourth-order valence-corrected chi connectivity index (χ4v) is 2.29. The number of aromatic nitrogens is 2. The van der Waals surface area contributed by atoms with Gasteiger partial charge in [-0.3, -0.25) is 5.10 Å². The predicted molar refractivity (Wildman–Crippen MR) is 65.6 cm³/mol. The second-order valence-corrected chi connectivity index (χ2v) is 4.84. The molecule has 1 saturated heterocycles. The quantitative estimate of drug-likeness (QED) is 0.825. The van der Waals surface area contributed by atoms with E-state index >= 15 is 0 Å². The van der Waals surface area contributed by atoms with Gasteiger partial charge in [0, 0.05) is 24.3 Å². The average molecular weight is 236 g/mol. The summed E-state index contributed by atoms with van der Waals surface area (Å²) in [6, 6.07) is 0.376. The number of urea groups is 1. The SMILES string of the molecule is CC(C)NC(=O)N1CCCC[C@H]1c1cn[nH]c1. The zero-order valence-electron chi connectivity index (χ0n) is 10.4. The van der Waals surface area contributed by atoms with E-state index in [2.05, 4.69) is 15.5 Å². The fourth-order valence-electron chi connectivity index (χ4n) is 2.29. The second-order valence-electron chi connectivity index (χ2n) is 4.84. The number of carbonyl (C=O) groups excluding carboxylic acids is 1. The number of piperidine rings is 1. The zero-order valence-corrected chi connectivity index (χ0v) is 10.4. The van der Waals surface area contributed by atoms with Crippen molar-refractivity contribution in [3.05, 3.63) is 18.0 Å². The Kier molecular flexibility index (Phi) is 3.66. The molecule has 94 valence electrons. The van der Waals surface area contributed by atoms with Gasteiger partial charge < -0.3 is 10.2 Å². The summed E-state index contributed by atoms with van der Waals surface area (Å²) in [7, 11) is 0. The van der Waals surface area contributed by atoms with Crippen LogP contribution in [0.25, 0.3) is 0 Å². The van der Waals surface area contributed by atoms with Crippen LogP contribution in [0.1, 0.15) is 44.7 Å². The molecule has 2 amide bonds. The molecule has 0 spiro atoms. The van der Waals surface area contributed by atoms with Crippen molar-refractivity contribution >= 4 is 6.03 Å². The number of likely N-dealkylation sites (tertiary alicyclic amines) is 1. The van der Waals surface area contributed by atoms with Crippen LogP contribution < -0.4 is 5.32 Å². The van der Waals surface area contributed by atoms with Crippen molar-refractivity contribution in [1.29, 1.82) is 0 Å². The number of rotatable bonds is 2. The molecule has 1 aliphatic rings. The van der Waals surface area contributed by atoms with Crippen LogP contribution in [-0.4, -0.2) is 33.7 Å². The van der Waals surface area contributed by atoms with Gasteiger partial charge in [-0.15, -0.1) is 0 Å². The molecule has 1 atom stereocenters. The maximum absolute atomic E-state index is 12.1. The molecule has 1 aromatic heterocycles. The summed E-state index contributed by atoms with van der Waals surface area (Å²) in [4.78, 5) is 14.0. The van der Waals surface area contributed by atoms with E-state index in [-0.39, 0.29) is 18.1 Å². The highest BCUT2D eigenvalue weighted by Crippen LogP contribution is 2.30. The molecule has 0 bridgehead atoms. The lowest BCUT2D eigenvalue weighted by Crippen LogP contribution is -2.46. The van der Waals surface area contributed by atoms with Gasteiger partial charge in [-0.2, -0.15) is 5.10 Å². The normalized spacial score (nSPS) is 20.6. The summed E-state index contributed by atoms with van der Waals surface area (Å²) in [6.45, 7) is 4.79. The van der Waals surface area contributed by atoms with E-state index < -0.39 is 0 Å². The Bertz CT molecular complexity index is 361. The van der Waals surface area contributed by atoms with Crippen LogP contribution in [0, 0.1) is 0 Å². The Labute approximate surface area is 102 Å². The van der Waals surface area contributed by atoms with Gasteiger partial charge in [-0.1, -0.05) is 0 Å². The molecule has 1 fully saturated rings.